The highest BCUT2D eigenvalue weighted by molar-refractivity contribution is 5.75. The lowest BCUT2D eigenvalue weighted by Crippen LogP contribution is -2.37. The van der Waals surface area contributed by atoms with Crippen molar-refractivity contribution in [3.63, 3.8) is 0 Å². The van der Waals surface area contributed by atoms with Crippen molar-refractivity contribution in [1.29, 1.82) is 0 Å². The molecule has 0 rings (SSSR count). The minimum absolute atomic E-state index is 0.193. The van der Waals surface area contributed by atoms with Crippen LogP contribution in [-0.2, 0) is 9.53 Å². The van der Waals surface area contributed by atoms with Gasteiger partial charge in [0.05, 0.1) is 6.42 Å². The van der Waals surface area contributed by atoms with Gasteiger partial charge in [0, 0.05) is 13.1 Å². The summed E-state index contributed by atoms with van der Waals surface area (Å²) in [6.45, 7) is 8.46. The Labute approximate surface area is 103 Å². The molecule has 0 aliphatic heterocycles. The van der Waals surface area contributed by atoms with E-state index < -0.39 is 5.60 Å². The van der Waals surface area contributed by atoms with Crippen LogP contribution in [0.2, 0.25) is 0 Å². The van der Waals surface area contributed by atoms with E-state index in [2.05, 4.69) is 17.6 Å². The molecule has 0 aromatic carbocycles. The van der Waals surface area contributed by atoms with Gasteiger partial charge in [0.15, 0.2) is 0 Å². The van der Waals surface area contributed by atoms with Gasteiger partial charge in [-0.2, -0.15) is 0 Å². The van der Waals surface area contributed by atoms with E-state index in [4.69, 9.17) is 4.74 Å². The maximum atomic E-state index is 11.3. The first-order valence-corrected chi connectivity index (χ1v) is 6.08. The molecule has 2 N–H and O–H groups in total. The highest BCUT2D eigenvalue weighted by Gasteiger charge is 2.15. The molecule has 0 aromatic heterocycles. The van der Waals surface area contributed by atoms with E-state index >= 15 is 0 Å². The van der Waals surface area contributed by atoms with Gasteiger partial charge < -0.3 is 15.4 Å². The number of nitrogens with one attached hydrogen (secondary N) is 2. The lowest BCUT2D eigenvalue weighted by molar-refractivity contribution is -0.154. The summed E-state index contributed by atoms with van der Waals surface area (Å²) < 4.78 is 5.11. The van der Waals surface area contributed by atoms with Crippen LogP contribution in [0, 0.1) is 0 Å². The number of rotatable bonds is 6. The van der Waals surface area contributed by atoms with Crippen LogP contribution in [0.15, 0.2) is 0 Å². The summed E-state index contributed by atoms with van der Waals surface area (Å²) in [6.07, 6.45) is 2.19. The Morgan fingerprint density at radius 1 is 1.12 bits per heavy atom. The summed E-state index contributed by atoms with van der Waals surface area (Å²) in [5.41, 5.74) is -0.472. The number of unbranched alkanes of at least 4 members (excludes halogenated alkanes) is 1. The van der Waals surface area contributed by atoms with Gasteiger partial charge in [-0.1, -0.05) is 13.3 Å². The van der Waals surface area contributed by atoms with Crippen molar-refractivity contribution < 1.29 is 14.3 Å². The number of carbonyl (C=O) groups excluding carboxylic acids is 2. The Morgan fingerprint density at radius 3 is 2.24 bits per heavy atom. The molecule has 0 aliphatic carbocycles. The van der Waals surface area contributed by atoms with Gasteiger partial charge in [-0.15, -0.1) is 0 Å². The third-order valence-electron chi connectivity index (χ3n) is 1.85. The molecule has 0 heterocycles. The van der Waals surface area contributed by atoms with Crippen LogP contribution in [0.1, 0.15) is 47.0 Å². The number of hydrogen-bond donors (Lipinski definition) is 2. The largest absolute Gasteiger partial charge is 0.460 e. The van der Waals surface area contributed by atoms with Gasteiger partial charge in [0.1, 0.15) is 5.60 Å². The fourth-order valence-corrected chi connectivity index (χ4v) is 1.11. The molecule has 5 heteroatoms. The van der Waals surface area contributed by atoms with Gasteiger partial charge >= 0.3 is 12.0 Å². The molecule has 5 nitrogen and oxygen atoms in total. The molecule has 100 valence electrons. The average molecular weight is 244 g/mol. The Hall–Kier alpha value is -1.26. The SMILES string of the molecule is CCCCNC(=O)NCCC(=O)OC(C)(C)C. The van der Waals surface area contributed by atoms with Crippen molar-refractivity contribution in [2.24, 2.45) is 0 Å². The molecule has 0 aliphatic rings. The first-order chi connectivity index (χ1) is 7.85. The quantitative estimate of drug-likeness (QED) is 0.553. The molecule has 0 spiro atoms. The number of hydrogen-bond acceptors (Lipinski definition) is 3. The van der Waals surface area contributed by atoms with E-state index in [9.17, 15) is 9.59 Å². The Kier molecular flexibility index (Phi) is 7.34. The molecular formula is C12H24N2O3. The second kappa shape index (κ2) is 7.92. The van der Waals surface area contributed by atoms with Crippen molar-refractivity contribution >= 4 is 12.0 Å². The van der Waals surface area contributed by atoms with Crippen LogP contribution < -0.4 is 10.6 Å². The minimum atomic E-state index is -0.472. The number of ether oxygens (including phenoxy) is 1. The zero-order chi connectivity index (χ0) is 13.3. The molecular weight excluding hydrogens is 220 g/mol. The molecule has 17 heavy (non-hydrogen) atoms. The van der Waals surface area contributed by atoms with Crippen molar-refractivity contribution in [1.82, 2.24) is 10.6 Å². The monoisotopic (exact) mass is 244 g/mol. The topological polar surface area (TPSA) is 67.4 Å². The predicted molar refractivity (Wildman–Crippen MR) is 66.8 cm³/mol. The number of esters is 1. The first kappa shape index (κ1) is 15.7. The summed E-state index contributed by atoms with van der Waals surface area (Å²) in [5, 5.41) is 5.31. The van der Waals surface area contributed by atoms with Crippen LogP contribution >= 0.6 is 0 Å². The molecule has 0 unspecified atom stereocenters. The van der Waals surface area contributed by atoms with E-state index in [1.54, 1.807) is 0 Å². The van der Waals surface area contributed by atoms with Crippen molar-refractivity contribution in [3.05, 3.63) is 0 Å². The standard InChI is InChI=1S/C12H24N2O3/c1-5-6-8-13-11(16)14-9-7-10(15)17-12(2,3)4/h5-9H2,1-4H3,(H2,13,14,16). The normalized spacial score (nSPS) is 10.8. The summed E-state index contributed by atoms with van der Waals surface area (Å²) >= 11 is 0. The smallest absolute Gasteiger partial charge is 0.314 e. The highest BCUT2D eigenvalue weighted by Crippen LogP contribution is 2.07. The van der Waals surface area contributed by atoms with Crippen LogP contribution in [0.4, 0.5) is 4.79 Å². The fourth-order valence-electron chi connectivity index (χ4n) is 1.11. The van der Waals surface area contributed by atoms with Gasteiger partial charge in [0.2, 0.25) is 0 Å². The second-order valence-corrected chi connectivity index (χ2v) is 4.87. The number of urea groups is 1. The van der Waals surface area contributed by atoms with Gasteiger partial charge in [0.25, 0.3) is 0 Å². The molecule has 0 saturated heterocycles. The highest BCUT2D eigenvalue weighted by atomic mass is 16.6. The minimum Gasteiger partial charge on any atom is -0.460 e. The van der Waals surface area contributed by atoms with Gasteiger partial charge in [-0.05, 0) is 27.2 Å². The molecule has 0 aromatic rings. The van der Waals surface area contributed by atoms with E-state index in [1.165, 1.54) is 0 Å². The summed E-state index contributed by atoms with van der Waals surface area (Å²) in [4.78, 5) is 22.5. The van der Waals surface area contributed by atoms with E-state index in [1.807, 2.05) is 20.8 Å². The lowest BCUT2D eigenvalue weighted by Gasteiger charge is -2.19. The Morgan fingerprint density at radius 2 is 1.71 bits per heavy atom. The predicted octanol–water partition coefficient (Wildman–Crippen LogP) is 1.82. The Bertz CT molecular complexity index is 247. The molecule has 2 amide bonds. The van der Waals surface area contributed by atoms with Crippen LogP contribution in [0.25, 0.3) is 0 Å². The summed E-state index contributed by atoms with van der Waals surface area (Å²) in [6, 6.07) is -0.234. The number of amides is 2. The average Bonchev–Trinajstić information content (AvgIpc) is 2.15. The maximum absolute atomic E-state index is 11.3. The van der Waals surface area contributed by atoms with E-state index in [-0.39, 0.29) is 18.4 Å². The third kappa shape index (κ3) is 11.0. The van der Waals surface area contributed by atoms with Crippen molar-refractivity contribution in [2.75, 3.05) is 13.1 Å². The zero-order valence-electron chi connectivity index (χ0n) is 11.3. The van der Waals surface area contributed by atoms with Gasteiger partial charge in [-0.25, -0.2) is 4.79 Å². The molecule has 0 saturated carbocycles. The maximum Gasteiger partial charge on any atom is 0.314 e. The summed E-state index contributed by atoms with van der Waals surface area (Å²) in [7, 11) is 0. The van der Waals surface area contributed by atoms with Gasteiger partial charge in [-0.3, -0.25) is 4.79 Å². The second-order valence-electron chi connectivity index (χ2n) is 4.87. The lowest BCUT2D eigenvalue weighted by atomic mass is 10.2. The Balaban J connectivity index is 3.56. The fraction of sp³-hybridized carbons (Fsp3) is 0.833. The van der Waals surface area contributed by atoms with E-state index in [0.717, 1.165) is 12.8 Å². The van der Waals surface area contributed by atoms with Crippen LogP contribution in [-0.4, -0.2) is 30.7 Å². The molecule has 0 radical (unpaired) electrons. The third-order valence-corrected chi connectivity index (χ3v) is 1.85. The summed E-state index contributed by atoms with van der Waals surface area (Å²) in [5.74, 6) is -0.300. The zero-order valence-corrected chi connectivity index (χ0v) is 11.3. The van der Waals surface area contributed by atoms with Crippen molar-refractivity contribution in [3.8, 4) is 0 Å². The van der Waals surface area contributed by atoms with E-state index in [0.29, 0.717) is 13.1 Å². The number of carbonyl (C=O) groups is 2. The first-order valence-electron chi connectivity index (χ1n) is 6.08. The molecule has 0 atom stereocenters. The molecule has 0 fully saturated rings. The van der Waals surface area contributed by atoms with Crippen LogP contribution in [0.5, 0.6) is 0 Å². The molecule has 0 bridgehead atoms. The van der Waals surface area contributed by atoms with Crippen LogP contribution in [0.3, 0.4) is 0 Å². The van der Waals surface area contributed by atoms with Crippen molar-refractivity contribution in [2.45, 2.75) is 52.6 Å².